The van der Waals surface area contributed by atoms with Gasteiger partial charge in [-0.3, -0.25) is 0 Å². The third-order valence-corrected chi connectivity index (χ3v) is 4.63. The molecule has 1 N–H and O–H groups in total. The second kappa shape index (κ2) is 7.46. The van der Waals surface area contributed by atoms with Gasteiger partial charge in [0.2, 0.25) is 0 Å². The zero-order chi connectivity index (χ0) is 18.0. The molecule has 0 aliphatic rings. The smallest absolute Gasteiger partial charge is 0.138 e. The molecule has 2 aromatic carbocycles. The lowest BCUT2D eigenvalue weighted by Crippen LogP contribution is -2.10. The van der Waals surface area contributed by atoms with E-state index in [1.165, 1.54) is 11.1 Å². The van der Waals surface area contributed by atoms with E-state index in [9.17, 15) is 5.11 Å². The van der Waals surface area contributed by atoms with Crippen LogP contribution in [0.1, 0.15) is 36.4 Å². The third kappa shape index (κ3) is 3.97. The van der Waals surface area contributed by atoms with Crippen LogP contribution in [0.3, 0.4) is 0 Å². The zero-order valence-electron chi connectivity index (χ0n) is 14.8. The van der Waals surface area contributed by atoms with Crippen LogP contribution in [0.15, 0.2) is 36.4 Å². The van der Waals surface area contributed by atoms with Gasteiger partial charge in [0.05, 0.1) is 17.6 Å². The van der Waals surface area contributed by atoms with Gasteiger partial charge in [0.1, 0.15) is 17.7 Å². The number of ether oxygens (including phenoxy) is 1. The Kier molecular flexibility index (Phi) is 5.30. The number of aromatic nitrogens is 2. The highest BCUT2D eigenvalue weighted by molar-refractivity contribution is 6.30. The van der Waals surface area contributed by atoms with E-state index in [0.717, 1.165) is 29.7 Å². The van der Waals surface area contributed by atoms with E-state index >= 15 is 0 Å². The zero-order valence-corrected chi connectivity index (χ0v) is 15.5. The number of halogens is 1. The van der Waals surface area contributed by atoms with Gasteiger partial charge in [-0.25, -0.2) is 4.98 Å². The van der Waals surface area contributed by atoms with Gasteiger partial charge in [-0.05, 0) is 74.7 Å². The summed E-state index contributed by atoms with van der Waals surface area (Å²) in [7, 11) is 0. The Labute approximate surface area is 153 Å². The van der Waals surface area contributed by atoms with Crippen molar-refractivity contribution in [2.24, 2.45) is 0 Å². The lowest BCUT2D eigenvalue weighted by molar-refractivity contribution is 0.183. The van der Waals surface area contributed by atoms with Crippen molar-refractivity contribution in [2.75, 3.05) is 6.61 Å². The van der Waals surface area contributed by atoms with Crippen LogP contribution >= 0.6 is 11.6 Å². The van der Waals surface area contributed by atoms with E-state index in [2.05, 4.69) is 35.5 Å². The summed E-state index contributed by atoms with van der Waals surface area (Å²) in [5.74, 6) is 1.51. The normalized spacial score (nSPS) is 12.5. The van der Waals surface area contributed by atoms with Gasteiger partial charge in [0.25, 0.3) is 0 Å². The first kappa shape index (κ1) is 17.8. The molecule has 0 bridgehead atoms. The number of hydrogen-bond acceptors (Lipinski definition) is 3. The van der Waals surface area contributed by atoms with Crippen molar-refractivity contribution in [3.63, 3.8) is 0 Å². The van der Waals surface area contributed by atoms with E-state index in [4.69, 9.17) is 16.3 Å². The number of benzene rings is 2. The van der Waals surface area contributed by atoms with Crippen LogP contribution < -0.4 is 4.74 Å². The lowest BCUT2D eigenvalue weighted by Gasteiger charge is -2.12. The molecule has 5 heteroatoms. The molecule has 1 atom stereocenters. The highest BCUT2D eigenvalue weighted by Crippen LogP contribution is 2.24. The Morgan fingerprint density at radius 3 is 2.52 bits per heavy atom. The minimum Gasteiger partial charge on any atom is -0.494 e. The predicted molar refractivity (Wildman–Crippen MR) is 101 cm³/mol. The predicted octanol–water partition coefficient (Wildman–Crippen LogP) is 4.83. The molecule has 1 unspecified atom stereocenters. The number of hydrogen-bond donors (Lipinski definition) is 1. The number of rotatable bonds is 6. The van der Waals surface area contributed by atoms with Crippen molar-refractivity contribution >= 4 is 22.6 Å². The highest BCUT2D eigenvalue weighted by Gasteiger charge is 2.15. The van der Waals surface area contributed by atoms with Crippen molar-refractivity contribution in [1.29, 1.82) is 0 Å². The Morgan fingerprint density at radius 2 is 1.84 bits per heavy atom. The van der Waals surface area contributed by atoms with Crippen LogP contribution in [0.5, 0.6) is 5.75 Å². The standard InChI is InChI=1S/C20H23ClN2O2/c1-13-11-18-19(12-14(13)2)23(20(22-18)15(3)24)9-4-10-25-17-7-5-16(21)6-8-17/h5-8,11-12,15,24H,4,9-10H2,1-3H3. The molecule has 4 nitrogen and oxygen atoms in total. The average molecular weight is 359 g/mol. The molecule has 0 amide bonds. The molecule has 0 radical (unpaired) electrons. The van der Waals surface area contributed by atoms with Crippen molar-refractivity contribution in [3.05, 3.63) is 58.4 Å². The molecule has 0 saturated heterocycles. The minimum atomic E-state index is -0.606. The van der Waals surface area contributed by atoms with Gasteiger partial charge in [0.15, 0.2) is 0 Å². The van der Waals surface area contributed by atoms with Crippen LogP contribution in [-0.4, -0.2) is 21.3 Å². The first-order chi connectivity index (χ1) is 12.0. The van der Waals surface area contributed by atoms with Gasteiger partial charge in [-0.2, -0.15) is 0 Å². The molecule has 132 valence electrons. The molecule has 3 rings (SSSR count). The van der Waals surface area contributed by atoms with E-state index < -0.39 is 6.10 Å². The Balaban J connectivity index is 1.74. The van der Waals surface area contributed by atoms with E-state index in [1.54, 1.807) is 6.92 Å². The van der Waals surface area contributed by atoms with Gasteiger partial charge < -0.3 is 14.4 Å². The summed E-state index contributed by atoms with van der Waals surface area (Å²) in [6.45, 7) is 7.26. The fourth-order valence-corrected chi connectivity index (χ4v) is 3.02. The first-order valence-electron chi connectivity index (χ1n) is 8.49. The summed E-state index contributed by atoms with van der Waals surface area (Å²) in [6.07, 6.45) is 0.214. The van der Waals surface area contributed by atoms with E-state index in [0.29, 0.717) is 17.5 Å². The number of aryl methyl sites for hydroxylation is 3. The maximum atomic E-state index is 10.1. The number of aliphatic hydroxyl groups excluding tert-OH is 1. The molecule has 0 spiro atoms. The summed E-state index contributed by atoms with van der Waals surface area (Å²) in [5, 5.41) is 10.8. The molecular weight excluding hydrogens is 336 g/mol. The summed E-state index contributed by atoms with van der Waals surface area (Å²) >= 11 is 5.88. The summed E-state index contributed by atoms with van der Waals surface area (Å²) in [6, 6.07) is 11.6. The quantitative estimate of drug-likeness (QED) is 0.642. The highest BCUT2D eigenvalue weighted by atomic mass is 35.5. The van der Waals surface area contributed by atoms with Gasteiger partial charge in [-0.15, -0.1) is 0 Å². The molecule has 1 heterocycles. The Bertz CT molecular complexity index is 870. The number of fused-ring (bicyclic) bond motifs is 1. The van der Waals surface area contributed by atoms with Gasteiger partial charge >= 0.3 is 0 Å². The molecular formula is C20H23ClN2O2. The maximum absolute atomic E-state index is 10.1. The molecule has 25 heavy (non-hydrogen) atoms. The monoisotopic (exact) mass is 358 g/mol. The molecule has 0 fully saturated rings. The van der Waals surface area contributed by atoms with Crippen LogP contribution in [0, 0.1) is 13.8 Å². The molecule has 0 saturated carbocycles. The van der Waals surface area contributed by atoms with E-state index in [-0.39, 0.29) is 0 Å². The van der Waals surface area contributed by atoms with Crippen LogP contribution in [0.25, 0.3) is 11.0 Å². The number of aliphatic hydroxyl groups is 1. The summed E-state index contributed by atoms with van der Waals surface area (Å²) in [5.41, 5.74) is 4.42. The minimum absolute atomic E-state index is 0.589. The molecule has 1 aromatic heterocycles. The molecule has 0 aliphatic carbocycles. The third-order valence-electron chi connectivity index (χ3n) is 4.38. The number of imidazole rings is 1. The summed E-state index contributed by atoms with van der Waals surface area (Å²) < 4.78 is 7.85. The van der Waals surface area contributed by atoms with Gasteiger partial charge in [-0.1, -0.05) is 11.6 Å². The van der Waals surface area contributed by atoms with Crippen LogP contribution in [0.2, 0.25) is 5.02 Å². The van der Waals surface area contributed by atoms with Crippen molar-refractivity contribution in [2.45, 2.75) is 39.8 Å². The average Bonchev–Trinajstić information content (AvgIpc) is 2.92. The topological polar surface area (TPSA) is 47.3 Å². The van der Waals surface area contributed by atoms with Crippen LogP contribution in [0.4, 0.5) is 0 Å². The van der Waals surface area contributed by atoms with E-state index in [1.807, 2.05) is 24.3 Å². The number of nitrogens with zero attached hydrogens (tertiary/aromatic N) is 2. The first-order valence-corrected chi connectivity index (χ1v) is 8.87. The van der Waals surface area contributed by atoms with Crippen molar-refractivity contribution < 1.29 is 9.84 Å². The van der Waals surface area contributed by atoms with Crippen molar-refractivity contribution in [3.8, 4) is 5.75 Å². The second-order valence-corrected chi connectivity index (χ2v) is 6.82. The fourth-order valence-electron chi connectivity index (χ4n) is 2.90. The lowest BCUT2D eigenvalue weighted by atomic mass is 10.1. The Morgan fingerprint density at radius 1 is 1.16 bits per heavy atom. The second-order valence-electron chi connectivity index (χ2n) is 6.38. The molecule has 0 aliphatic heterocycles. The maximum Gasteiger partial charge on any atom is 0.138 e. The Hall–Kier alpha value is -2.04. The summed E-state index contributed by atoms with van der Waals surface area (Å²) in [4.78, 5) is 4.62. The van der Waals surface area contributed by atoms with Crippen LogP contribution in [-0.2, 0) is 6.54 Å². The van der Waals surface area contributed by atoms with Gasteiger partial charge in [0, 0.05) is 11.6 Å². The fraction of sp³-hybridized carbons (Fsp3) is 0.350. The molecule has 3 aromatic rings. The largest absolute Gasteiger partial charge is 0.494 e. The van der Waals surface area contributed by atoms with Crippen molar-refractivity contribution in [1.82, 2.24) is 9.55 Å². The SMILES string of the molecule is Cc1cc2nc(C(C)O)n(CCCOc3ccc(Cl)cc3)c2cc1C.